The SMILES string of the molecule is CC(C)(C)CN1CCC2(CC1)CCN(S(C)(=O)=O)CC2. The highest BCUT2D eigenvalue weighted by molar-refractivity contribution is 7.88. The van der Waals surface area contributed by atoms with Gasteiger partial charge in [-0.1, -0.05) is 20.8 Å². The number of rotatable bonds is 2. The van der Waals surface area contributed by atoms with Crippen LogP contribution in [0.5, 0.6) is 0 Å². The second-order valence-electron chi connectivity index (χ2n) is 8.00. The molecule has 2 aliphatic rings. The Labute approximate surface area is 124 Å². The Morgan fingerprint density at radius 2 is 1.40 bits per heavy atom. The van der Waals surface area contributed by atoms with Crippen LogP contribution in [0.4, 0.5) is 0 Å². The zero-order valence-corrected chi connectivity index (χ0v) is 14.3. The van der Waals surface area contributed by atoms with Gasteiger partial charge in [-0.2, -0.15) is 0 Å². The van der Waals surface area contributed by atoms with Gasteiger partial charge in [-0.25, -0.2) is 12.7 Å². The summed E-state index contributed by atoms with van der Waals surface area (Å²) in [4.78, 5) is 2.58. The quantitative estimate of drug-likeness (QED) is 0.785. The largest absolute Gasteiger partial charge is 0.303 e. The third-order valence-corrected chi connectivity index (χ3v) is 6.17. The molecule has 2 rings (SSSR count). The first kappa shape index (κ1) is 16.2. The van der Waals surface area contributed by atoms with Gasteiger partial charge in [-0.05, 0) is 49.6 Å². The van der Waals surface area contributed by atoms with E-state index < -0.39 is 10.0 Å². The summed E-state index contributed by atoms with van der Waals surface area (Å²) in [5.41, 5.74) is 0.778. The normalized spacial score (nSPS) is 26.0. The topological polar surface area (TPSA) is 40.6 Å². The second-order valence-corrected chi connectivity index (χ2v) is 9.98. The first-order valence-corrected chi connectivity index (χ1v) is 9.62. The fourth-order valence-corrected chi connectivity index (χ4v) is 4.49. The Balaban J connectivity index is 1.85. The molecule has 0 saturated carbocycles. The first-order valence-electron chi connectivity index (χ1n) is 7.77. The van der Waals surface area contributed by atoms with E-state index in [1.54, 1.807) is 4.31 Å². The van der Waals surface area contributed by atoms with E-state index >= 15 is 0 Å². The Bertz CT molecular complexity index is 421. The smallest absolute Gasteiger partial charge is 0.211 e. The minimum atomic E-state index is -2.99. The molecule has 0 amide bonds. The van der Waals surface area contributed by atoms with Crippen molar-refractivity contribution in [3.05, 3.63) is 0 Å². The molecule has 1 spiro atoms. The van der Waals surface area contributed by atoms with Gasteiger partial charge in [0.25, 0.3) is 0 Å². The molecule has 0 radical (unpaired) electrons. The van der Waals surface area contributed by atoms with Crippen LogP contribution in [-0.4, -0.2) is 56.6 Å². The lowest BCUT2D eigenvalue weighted by molar-refractivity contribution is 0.0424. The van der Waals surface area contributed by atoms with E-state index in [-0.39, 0.29) is 0 Å². The number of nitrogens with zero attached hydrogens (tertiary/aromatic N) is 2. The summed E-state index contributed by atoms with van der Waals surface area (Å²) in [7, 11) is -2.99. The maximum Gasteiger partial charge on any atom is 0.211 e. The van der Waals surface area contributed by atoms with Gasteiger partial charge in [-0.15, -0.1) is 0 Å². The fraction of sp³-hybridized carbons (Fsp3) is 1.00. The predicted octanol–water partition coefficient (Wildman–Crippen LogP) is 2.17. The lowest BCUT2D eigenvalue weighted by Crippen LogP contribution is -2.49. The molecule has 4 nitrogen and oxygen atoms in total. The van der Waals surface area contributed by atoms with Gasteiger partial charge >= 0.3 is 0 Å². The highest BCUT2D eigenvalue weighted by Crippen LogP contribution is 2.42. The maximum atomic E-state index is 11.6. The fourth-order valence-electron chi connectivity index (χ4n) is 3.65. The average molecular weight is 302 g/mol. The van der Waals surface area contributed by atoms with Crippen molar-refractivity contribution in [3.63, 3.8) is 0 Å². The maximum absolute atomic E-state index is 11.6. The van der Waals surface area contributed by atoms with Gasteiger partial charge in [0.05, 0.1) is 6.26 Å². The van der Waals surface area contributed by atoms with Gasteiger partial charge in [0.2, 0.25) is 10.0 Å². The molecular formula is C15H30N2O2S. The third-order valence-electron chi connectivity index (χ3n) is 4.87. The van der Waals surface area contributed by atoms with Gasteiger partial charge < -0.3 is 4.90 Å². The molecule has 2 saturated heterocycles. The van der Waals surface area contributed by atoms with Crippen LogP contribution in [-0.2, 0) is 10.0 Å². The molecule has 0 bridgehead atoms. The van der Waals surface area contributed by atoms with E-state index in [0.717, 1.165) is 25.9 Å². The van der Waals surface area contributed by atoms with Crippen LogP contribution in [0.2, 0.25) is 0 Å². The summed E-state index contributed by atoms with van der Waals surface area (Å²) in [6.07, 6.45) is 5.89. The van der Waals surface area contributed by atoms with Crippen LogP contribution in [0.25, 0.3) is 0 Å². The summed E-state index contributed by atoms with van der Waals surface area (Å²) in [6, 6.07) is 0. The summed E-state index contributed by atoms with van der Waals surface area (Å²) < 4.78 is 24.8. The molecule has 0 atom stereocenters. The Hall–Kier alpha value is -0.130. The molecule has 2 fully saturated rings. The molecule has 20 heavy (non-hydrogen) atoms. The van der Waals surface area contributed by atoms with E-state index in [1.165, 1.54) is 38.7 Å². The summed E-state index contributed by atoms with van der Waals surface area (Å²) in [6.45, 7) is 11.8. The summed E-state index contributed by atoms with van der Waals surface area (Å²) in [5, 5.41) is 0. The van der Waals surface area contributed by atoms with Crippen molar-refractivity contribution < 1.29 is 8.42 Å². The summed E-state index contributed by atoms with van der Waals surface area (Å²) >= 11 is 0. The predicted molar refractivity (Wildman–Crippen MR) is 83.2 cm³/mol. The van der Waals surface area contributed by atoms with E-state index in [2.05, 4.69) is 25.7 Å². The van der Waals surface area contributed by atoms with Crippen molar-refractivity contribution in [2.75, 3.05) is 39.0 Å². The van der Waals surface area contributed by atoms with Crippen LogP contribution in [0.3, 0.4) is 0 Å². The summed E-state index contributed by atoms with van der Waals surface area (Å²) in [5.74, 6) is 0. The molecule has 0 aromatic rings. The zero-order chi connectivity index (χ0) is 15.0. The molecule has 0 aromatic heterocycles. The monoisotopic (exact) mass is 302 g/mol. The van der Waals surface area contributed by atoms with Crippen molar-refractivity contribution in [1.29, 1.82) is 0 Å². The molecule has 0 N–H and O–H groups in total. The lowest BCUT2D eigenvalue weighted by atomic mass is 9.71. The van der Waals surface area contributed by atoms with Crippen LogP contribution in [0.15, 0.2) is 0 Å². The van der Waals surface area contributed by atoms with E-state index in [9.17, 15) is 8.42 Å². The van der Waals surface area contributed by atoms with E-state index in [0.29, 0.717) is 10.8 Å². The average Bonchev–Trinajstić information content (AvgIpc) is 2.30. The zero-order valence-electron chi connectivity index (χ0n) is 13.5. The van der Waals surface area contributed by atoms with Crippen molar-refractivity contribution in [2.24, 2.45) is 10.8 Å². The number of piperidine rings is 2. The number of sulfonamides is 1. The van der Waals surface area contributed by atoms with Gasteiger partial charge in [0.1, 0.15) is 0 Å². The third kappa shape index (κ3) is 4.18. The highest BCUT2D eigenvalue weighted by atomic mass is 32.2. The van der Waals surface area contributed by atoms with Crippen molar-refractivity contribution in [2.45, 2.75) is 46.5 Å². The Kier molecular flexibility index (Phi) is 4.53. The Morgan fingerprint density at radius 1 is 0.950 bits per heavy atom. The molecule has 2 aliphatic heterocycles. The molecule has 118 valence electrons. The van der Waals surface area contributed by atoms with Crippen LogP contribution in [0.1, 0.15) is 46.5 Å². The Morgan fingerprint density at radius 3 is 1.80 bits per heavy atom. The number of hydrogen-bond acceptors (Lipinski definition) is 3. The first-order chi connectivity index (χ1) is 9.10. The molecule has 2 heterocycles. The van der Waals surface area contributed by atoms with Crippen LogP contribution < -0.4 is 0 Å². The highest BCUT2D eigenvalue weighted by Gasteiger charge is 2.39. The standard InChI is InChI=1S/C15H30N2O2S/c1-14(2,3)13-16-9-5-15(6-10-16)7-11-17(12-8-15)20(4,18)19/h5-13H2,1-4H3. The van der Waals surface area contributed by atoms with Crippen LogP contribution >= 0.6 is 0 Å². The minimum absolute atomic E-state index is 0.365. The lowest BCUT2D eigenvalue weighted by Gasteiger charge is -2.47. The van der Waals surface area contributed by atoms with E-state index in [1.807, 2.05) is 0 Å². The van der Waals surface area contributed by atoms with Gasteiger partial charge in [-0.3, -0.25) is 0 Å². The number of hydrogen-bond donors (Lipinski definition) is 0. The molecule has 0 aliphatic carbocycles. The second kappa shape index (κ2) is 5.58. The van der Waals surface area contributed by atoms with E-state index in [4.69, 9.17) is 0 Å². The number of likely N-dealkylation sites (tertiary alicyclic amines) is 1. The molecule has 0 unspecified atom stereocenters. The van der Waals surface area contributed by atoms with Crippen LogP contribution in [0, 0.1) is 10.8 Å². The molecular weight excluding hydrogens is 272 g/mol. The molecule has 0 aromatic carbocycles. The van der Waals surface area contributed by atoms with Gasteiger partial charge in [0, 0.05) is 19.6 Å². The van der Waals surface area contributed by atoms with Crippen molar-refractivity contribution in [1.82, 2.24) is 9.21 Å². The van der Waals surface area contributed by atoms with Crippen molar-refractivity contribution in [3.8, 4) is 0 Å². The molecule has 5 heteroatoms. The van der Waals surface area contributed by atoms with Gasteiger partial charge in [0.15, 0.2) is 0 Å². The van der Waals surface area contributed by atoms with Crippen molar-refractivity contribution >= 4 is 10.0 Å². The minimum Gasteiger partial charge on any atom is -0.303 e.